The quantitative estimate of drug-likeness (QED) is 0.468. The van der Waals surface area contributed by atoms with E-state index in [-0.39, 0.29) is 18.2 Å². The van der Waals surface area contributed by atoms with E-state index in [4.69, 9.17) is 17.0 Å². The lowest BCUT2D eigenvalue weighted by molar-refractivity contribution is -0.122. The van der Waals surface area contributed by atoms with E-state index in [0.29, 0.717) is 33.6 Å². The summed E-state index contributed by atoms with van der Waals surface area (Å²) in [5.74, 6) is 0.381. The second kappa shape index (κ2) is 10.4. The Kier molecular flexibility index (Phi) is 7.65. The third kappa shape index (κ3) is 5.49. The summed E-state index contributed by atoms with van der Waals surface area (Å²) in [6, 6.07) is 15.4. The molecule has 1 saturated heterocycles. The van der Waals surface area contributed by atoms with E-state index < -0.39 is 0 Å². The molecule has 5 nitrogen and oxygen atoms in total. The van der Waals surface area contributed by atoms with Gasteiger partial charge < -0.3 is 10.1 Å². The second-order valence-corrected chi connectivity index (χ2v) is 8.46. The fraction of sp³-hybridized carbons (Fsp3) is 0.261. The lowest BCUT2D eigenvalue weighted by atomic mass is 10.1. The molecule has 156 valence electrons. The van der Waals surface area contributed by atoms with Crippen molar-refractivity contribution in [3.8, 4) is 5.75 Å². The standard InChI is InChI=1S/C23H24N2O3S2/c1-3-16-10-12-17(13-11-16)15-20-22(27)25(23(29)30-20)14-6-9-21(26)24-18-7-4-5-8-19(18)28-2/h4-5,7-8,10-13,15H,3,6,9,14H2,1-2H3,(H,24,26). The third-order valence-corrected chi connectivity index (χ3v) is 6.10. The van der Waals surface area contributed by atoms with Gasteiger partial charge in [-0.3, -0.25) is 14.5 Å². The van der Waals surface area contributed by atoms with Gasteiger partial charge in [0, 0.05) is 13.0 Å². The number of thioether (sulfide) groups is 1. The minimum atomic E-state index is -0.128. The molecule has 0 unspecified atom stereocenters. The number of ether oxygens (including phenoxy) is 1. The zero-order chi connectivity index (χ0) is 21.5. The summed E-state index contributed by atoms with van der Waals surface area (Å²) >= 11 is 6.68. The number of anilines is 1. The van der Waals surface area contributed by atoms with Gasteiger partial charge in [0.2, 0.25) is 5.91 Å². The van der Waals surface area contributed by atoms with Crippen molar-refractivity contribution in [2.24, 2.45) is 0 Å². The van der Waals surface area contributed by atoms with Crippen molar-refractivity contribution in [3.05, 3.63) is 64.6 Å². The van der Waals surface area contributed by atoms with Crippen LogP contribution >= 0.6 is 24.0 Å². The highest BCUT2D eigenvalue weighted by molar-refractivity contribution is 8.26. The Morgan fingerprint density at radius 3 is 2.63 bits per heavy atom. The summed E-state index contributed by atoms with van der Waals surface area (Å²) in [4.78, 5) is 27.2. The maximum Gasteiger partial charge on any atom is 0.266 e. The fourth-order valence-corrected chi connectivity index (χ4v) is 4.36. The molecular formula is C23H24N2O3S2. The third-order valence-electron chi connectivity index (χ3n) is 4.73. The number of nitrogens with one attached hydrogen (secondary N) is 1. The van der Waals surface area contributed by atoms with E-state index >= 15 is 0 Å². The number of carbonyl (C=O) groups excluding carboxylic acids is 2. The van der Waals surface area contributed by atoms with Gasteiger partial charge in [0.15, 0.2) is 0 Å². The van der Waals surface area contributed by atoms with Crippen molar-refractivity contribution in [2.75, 3.05) is 19.0 Å². The maximum absolute atomic E-state index is 12.7. The van der Waals surface area contributed by atoms with Crippen LogP contribution in [0.4, 0.5) is 5.69 Å². The van der Waals surface area contributed by atoms with E-state index in [9.17, 15) is 9.59 Å². The molecule has 0 atom stereocenters. The van der Waals surface area contributed by atoms with Gasteiger partial charge in [-0.1, -0.05) is 67.3 Å². The van der Waals surface area contributed by atoms with E-state index in [2.05, 4.69) is 24.4 Å². The molecular weight excluding hydrogens is 416 g/mol. The van der Waals surface area contributed by atoms with E-state index in [0.717, 1.165) is 12.0 Å². The summed E-state index contributed by atoms with van der Waals surface area (Å²) in [5.41, 5.74) is 2.86. The summed E-state index contributed by atoms with van der Waals surface area (Å²) in [5, 5.41) is 2.84. The SMILES string of the molecule is CCc1ccc(C=C2SC(=S)N(CCCC(=O)Nc3ccccc3OC)C2=O)cc1. The van der Waals surface area contributed by atoms with Crippen molar-refractivity contribution < 1.29 is 14.3 Å². The Morgan fingerprint density at radius 1 is 1.20 bits per heavy atom. The van der Waals surface area contributed by atoms with Crippen LogP contribution in [0.25, 0.3) is 6.08 Å². The Hall–Kier alpha value is -2.64. The highest BCUT2D eigenvalue weighted by Gasteiger charge is 2.31. The van der Waals surface area contributed by atoms with Gasteiger partial charge >= 0.3 is 0 Å². The predicted molar refractivity (Wildman–Crippen MR) is 127 cm³/mol. The van der Waals surface area contributed by atoms with Gasteiger partial charge in [-0.25, -0.2) is 0 Å². The Labute approximate surface area is 186 Å². The Balaban J connectivity index is 1.54. The molecule has 0 aromatic heterocycles. The molecule has 0 bridgehead atoms. The average molecular weight is 441 g/mol. The molecule has 2 amide bonds. The van der Waals surface area contributed by atoms with Crippen LogP contribution in [0.5, 0.6) is 5.75 Å². The summed E-state index contributed by atoms with van der Waals surface area (Å²) < 4.78 is 5.77. The number of benzene rings is 2. The molecule has 0 spiro atoms. The molecule has 30 heavy (non-hydrogen) atoms. The van der Waals surface area contributed by atoms with Crippen molar-refractivity contribution in [1.29, 1.82) is 0 Å². The van der Waals surface area contributed by atoms with Crippen LogP contribution in [-0.4, -0.2) is 34.7 Å². The molecule has 7 heteroatoms. The van der Waals surface area contributed by atoms with Gasteiger partial charge in [-0.15, -0.1) is 0 Å². The van der Waals surface area contributed by atoms with Crippen molar-refractivity contribution in [1.82, 2.24) is 4.90 Å². The minimum absolute atomic E-state index is 0.102. The summed E-state index contributed by atoms with van der Waals surface area (Å²) in [6.45, 7) is 2.52. The predicted octanol–water partition coefficient (Wildman–Crippen LogP) is 4.88. The highest BCUT2D eigenvalue weighted by Crippen LogP contribution is 2.32. The number of carbonyl (C=O) groups is 2. The minimum Gasteiger partial charge on any atom is -0.495 e. The molecule has 0 saturated carbocycles. The molecule has 3 rings (SSSR count). The van der Waals surface area contributed by atoms with Gasteiger partial charge in [-0.05, 0) is 42.2 Å². The van der Waals surface area contributed by atoms with Gasteiger partial charge in [0.1, 0.15) is 10.1 Å². The maximum atomic E-state index is 12.7. The van der Waals surface area contributed by atoms with Gasteiger partial charge in [0.05, 0.1) is 17.7 Å². The van der Waals surface area contributed by atoms with Crippen LogP contribution in [0.2, 0.25) is 0 Å². The molecule has 1 aliphatic rings. The van der Waals surface area contributed by atoms with Gasteiger partial charge in [0.25, 0.3) is 5.91 Å². The first-order valence-corrected chi connectivity index (χ1v) is 11.0. The number of methoxy groups -OCH3 is 1. The number of thiocarbonyl (C=S) groups is 1. The number of hydrogen-bond acceptors (Lipinski definition) is 5. The van der Waals surface area contributed by atoms with Crippen LogP contribution in [0.15, 0.2) is 53.4 Å². The normalized spacial score (nSPS) is 15.0. The van der Waals surface area contributed by atoms with Crippen LogP contribution in [0.1, 0.15) is 30.9 Å². The number of aryl methyl sites for hydroxylation is 1. The first-order valence-electron chi connectivity index (χ1n) is 9.79. The highest BCUT2D eigenvalue weighted by atomic mass is 32.2. The summed E-state index contributed by atoms with van der Waals surface area (Å²) in [6.07, 6.45) is 3.65. The Bertz CT molecular complexity index is 971. The molecule has 0 aliphatic carbocycles. The average Bonchev–Trinajstić information content (AvgIpc) is 3.02. The molecule has 1 heterocycles. The van der Waals surface area contributed by atoms with Crippen LogP contribution in [0, 0.1) is 0 Å². The van der Waals surface area contributed by atoms with E-state index in [1.165, 1.54) is 17.3 Å². The number of rotatable bonds is 8. The molecule has 2 aromatic rings. The van der Waals surface area contributed by atoms with E-state index in [1.54, 1.807) is 24.1 Å². The second-order valence-electron chi connectivity index (χ2n) is 6.78. The number of para-hydroxylation sites is 2. The van der Waals surface area contributed by atoms with E-state index in [1.807, 2.05) is 30.3 Å². The topological polar surface area (TPSA) is 58.6 Å². The molecule has 0 radical (unpaired) electrons. The molecule has 1 fully saturated rings. The zero-order valence-corrected chi connectivity index (χ0v) is 18.6. The lowest BCUT2D eigenvalue weighted by Gasteiger charge is -2.14. The van der Waals surface area contributed by atoms with Crippen molar-refractivity contribution >= 4 is 51.9 Å². The molecule has 1 N–H and O–H groups in total. The van der Waals surface area contributed by atoms with Crippen LogP contribution < -0.4 is 10.1 Å². The summed E-state index contributed by atoms with van der Waals surface area (Å²) in [7, 11) is 1.56. The fourth-order valence-electron chi connectivity index (χ4n) is 3.05. The van der Waals surface area contributed by atoms with Crippen molar-refractivity contribution in [3.63, 3.8) is 0 Å². The molecule has 2 aromatic carbocycles. The first-order chi connectivity index (χ1) is 14.5. The monoisotopic (exact) mass is 440 g/mol. The van der Waals surface area contributed by atoms with Crippen molar-refractivity contribution in [2.45, 2.75) is 26.2 Å². The van der Waals surface area contributed by atoms with Crippen LogP contribution in [0.3, 0.4) is 0 Å². The number of hydrogen-bond donors (Lipinski definition) is 1. The lowest BCUT2D eigenvalue weighted by Crippen LogP contribution is -2.29. The number of nitrogens with zero attached hydrogens (tertiary/aromatic N) is 1. The number of amides is 2. The largest absolute Gasteiger partial charge is 0.495 e. The Morgan fingerprint density at radius 2 is 1.93 bits per heavy atom. The van der Waals surface area contributed by atoms with Crippen LogP contribution in [-0.2, 0) is 16.0 Å². The van der Waals surface area contributed by atoms with Gasteiger partial charge in [-0.2, -0.15) is 0 Å². The molecule has 1 aliphatic heterocycles. The smallest absolute Gasteiger partial charge is 0.266 e. The first kappa shape index (κ1) is 22.1. The zero-order valence-electron chi connectivity index (χ0n) is 17.0.